The van der Waals surface area contributed by atoms with Gasteiger partial charge in [0.2, 0.25) is 17.7 Å². The number of pyridine rings is 1. The fourth-order valence-corrected chi connectivity index (χ4v) is 13.8. The number of azo groups is 4. The summed E-state index contributed by atoms with van der Waals surface area (Å²) in [5.74, 6) is -4.21. The number of benzene rings is 5. The number of carbonyl (C=O) groups excluding carboxylic acids is 2. The summed E-state index contributed by atoms with van der Waals surface area (Å²) in [7, 11) is -21.7. The lowest BCUT2D eigenvalue weighted by Gasteiger charge is -2.13. The Hall–Kier alpha value is -8.18. The Morgan fingerprint density at radius 1 is 0.624 bits per heavy atom. The van der Waals surface area contributed by atoms with Crippen molar-refractivity contribution in [1.29, 1.82) is 5.26 Å². The molecule has 33 nitrogen and oxygen atoms in total. The van der Waals surface area contributed by atoms with Crippen molar-refractivity contribution in [3.63, 3.8) is 0 Å². The first kappa shape index (κ1) is 72.2. The molecule has 7 aromatic rings. The second kappa shape index (κ2) is 29.8. The molecule has 2 aromatic heterocycles. The standard InChI is InChI=1S/C52H52ClN13O20S7/c1-27-17-40(62-65-50-28(2)32(26-54)51-57-39-24-49(93(82,83)84)45(85-5)25-43(39)66(51)52(50)69)44(86-11-6-14-89(70,71)72)21-34(27)59-63-41-20-36(56-30(4)68)38(23-47(41)88-13-8-16-91(76,77)78)61-64-42-19-35(55-29(3)67)37(22-46(42)87-12-7-15-90(73,74)75)60-58-31-9-10-48(33(53)18-31)92(79,80)81/h9-10,17-25,69H,6-8,11-16H2,1-5H3,(H,55,67)(H,56,68)(H,70,71,72)(H,73,74,75)(H,76,77,78)(H,79,80,81)(H,82,83,84). The number of anilines is 2. The molecule has 0 radical (unpaired) electrons. The van der Waals surface area contributed by atoms with Crippen LogP contribution in [0.2, 0.25) is 5.02 Å². The number of nitriles is 1. The summed E-state index contributed by atoms with van der Waals surface area (Å²) in [5, 5.41) is 61.7. The molecule has 0 saturated heterocycles. The third-order valence-electron chi connectivity index (χ3n) is 12.4. The Balaban J connectivity index is 1.34. The van der Waals surface area contributed by atoms with Gasteiger partial charge in [-0.25, -0.2) is 4.98 Å². The van der Waals surface area contributed by atoms with Gasteiger partial charge in [0.25, 0.3) is 50.6 Å². The van der Waals surface area contributed by atoms with Crippen LogP contribution in [0.1, 0.15) is 49.8 Å². The molecule has 0 saturated carbocycles. The van der Waals surface area contributed by atoms with Gasteiger partial charge in [-0.05, 0) is 105 Å². The maximum atomic E-state index is 12.8. The van der Waals surface area contributed by atoms with E-state index in [-0.39, 0.29) is 143 Å². The number of halogens is 1. The monoisotopic (exact) mass is 1440 g/mol. The minimum atomic E-state index is -4.84. The second-order valence-corrected chi connectivity index (χ2v) is 29.7. The first-order chi connectivity index (χ1) is 43.4. The molecule has 0 atom stereocenters. The average molecular weight is 1440 g/mol. The summed E-state index contributed by atoms with van der Waals surface area (Å²) in [6, 6.07) is 15.6. The van der Waals surface area contributed by atoms with E-state index in [4.69, 9.17) is 21.1 Å². The van der Waals surface area contributed by atoms with Crippen molar-refractivity contribution in [3.8, 4) is 23.4 Å². The Labute approximate surface area is 543 Å². The highest BCUT2D eigenvalue weighted by Gasteiger charge is 2.26. The highest BCUT2D eigenvalue weighted by atomic mass is 35.5. The molecule has 0 fully saturated rings. The average Bonchev–Trinajstić information content (AvgIpc) is 1.60. The largest absolute Gasteiger partial charge is 0.495 e. The number of aryl methyl sites for hydroxylation is 1. The molecule has 8 N–H and O–H groups in total. The third kappa shape index (κ3) is 19.7. The van der Waals surface area contributed by atoms with Crippen molar-refractivity contribution >= 4 is 171 Å². The van der Waals surface area contributed by atoms with Crippen molar-refractivity contribution in [2.24, 2.45) is 40.9 Å². The summed E-state index contributed by atoms with van der Waals surface area (Å²) in [6.45, 7) is 5.00. The van der Waals surface area contributed by atoms with Crippen LogP contribution in [0.4, 0.5) is 56.9 Å². The van der Waals surface area contributed by atoms with Gasteiger partial charge < -0.3 is 25.2 Å². The highest BCUT2D eigenvalue weighted by molar-refractivity contribution is 7.99. The third-order valence-corrected chi connectivity index (χ3v) is 19.3. The number of aromatic nitrogens is 2. The van der Waals surface area contributed by atoms with Crippen LogP contribution in [-0.2, 0) is 60.2 Å². The van der Waals surface area contributed by atoms with Crippen molar-refractivity contribution in [2.75, 3.05) is 53.1 Å². The molecule has 7 rings (SSSR count). The van der Waals surface area contributed by atoms with Gasteiger partial charge in [0, 0.05) is 41.3 Å². The summed E-state index contributed by atoms with van der Waals surface area (Å²) < 4.78 is 178. The topological polar surface area (TPSA) is 509 Å². The van der Waals surface area contributed by atoms with Gasteiger partial charge in [-0.2, -0.15) is 57.6 Å². The molecule has 0 bridgehead atoms. The molecule has 0 aliphatic rings. The molecule has 41 heteroatoms. The number of nitrogens with zero attached hydrogens (tertiary/aromatic N) is 11. The molecule has 2 heterocycles. The first-order valence-electron chi connectivity index (χ1n) is 26.3. The van der Waals surface area contributed by atoms with Crippen molar-refractivity contribution < 1.29 is 89.0 Å². The van der Waals surface area contributed by atoms with E-state index in [0.717, 1.165) is 59.3 Å². The number of fused-ring (bicyclic) bond motifs is 3. The zero-order valence-electron chi connectivity index (χ0n) is 48.8. The molecule has 494 valence electrons. The highest BCUT2D eigenvalue weighted by Crippen LogP contribution is 2.46. The lowest BCUT2D eigenvalue weighted by molar-refractivity contribution is -0.115. The van der Waals surface area contributed by atoms with Crippen LogP contribution < -0.4 is 20.1 Å². The molecule has 0 spiro atoms. The Kier molecular flexibility index (Phi) is 23.2. The lowest BCUT2D eigenvalue weighted by atomic mass is 10.1. The summed E-state index contributed by atoms with van der Waals surface area (Å²) in [4.78, 5) is 29.0. The van der Waals surface area contributed by atoms with Crippen LogP contribution in [0.25, 0.3) is 16.7 Å². The van der Waals surface area contributed by atoms with E-state index < -0.39 is 100 Å². The van der Waals surface area contributed by atoms with Gasteiger partial charge in [0.1, 0.15) is 61.4 Å². The van der Waals surface area contributed by atoms with E-state index in [9.17, 15) is 84.8 Å². The number of rotatable bonds is 28. The molecular formula is C52H52ClN13O20S7. The van der Waals surface area contributed by atoms with Gasteiger partial charge in [-0.3, -0.25) is 36.8 Å². The number of nitrogens with one attached hydrogen (secondary N) is 2. The van der Waals surface area contributed by atoms with Gasteiger partial charge in [-0.1, -0.05) is 11.6 Å². The molecule has 2 amide bonds. The fourth-order valence-electron chi connectivity index (χ4n) is 8.32. The van der Waals surface area contributed by atoms with Gasteiger partial charge in [0.05, 0.1) is 69.8 Å². The number of imidazole rings is 1. The van der Waals surface area contributed by atoms with Crippen molar-refractivity contribution in [2.45, 2.75) is 66.5 Å². The zero-order valence-corrected chi connectivity index (χ0v) is 55.2. The lowest BCUT2D eigenvalue weighted by Crippen LogP contribution is -2.08. The first-order valence-corrected chi connectivity index (χ1v) is 36.4. The number of carbonyl (C=O) groups is 2. The zero-order chi connectivity index (χ0) is 68.5. The van der Waals surface area contributed by atoms with E-state index in [1.165, 1.54) is 63.2 Å². The predicted octanol–water partition coefficient (Wildman–Crippen LogP) is 11.8. The number of ether oxygens (including phenoxy) is 2. The Bertz CT molecular complexity index is 4930. The molecule has 0 unspecified atom stereocenters. The van der Waals surface area contributed by atoms with Crippen LogP contribution in [0, 0.1) is 25.2 Å². The minimum absolute atomic E-state index is 0.00449. The van der Waals surface area contributed by atoms with Crippen molar-refractivity contribution in [1.82, 2.24) is 9.38 Å². The number of aromatic hydroxyl groups is 1. The van der Waals surface area contributed by atoms with Gasteiger partial charge in [0.15, 0.2) is 11.3 Å². The normalized spacial score (nSPS) is 12.7. The number of methoxy groups -OCH3 is 1. The Morgan fingerprint density at radius 3 is 1.62 bits per heavy atom. The molecular weight excluding hydrogens is 1390 g/mol. The smallest absolute Gasteiger partial charge is 0.298 e. The van der Waals surface area contributed by atoms with Crippen LogP contribution in [-0.4, -0.2) is 134 Å². The Morgan fingerprint density at radius 2 is 1.13 bits per heavy atom. The van der Waals surface area contributed by atoms with Gasteiger partial charge >= 0.3 is 0 Å². The SMILES string of the molecule is COc1cc2c(cc1S(=O)(=O)O)nc1c(C#N)c(C)c(N=Nc3cc(C)c(N=Nc4cc(NC(C)=O)c(N=Nc5cc(NC(C)=O)c(N=Nc6ccc(S(=O)(=O)O)c(Cl)c6)cc5SCCCS(=O)(=O)O)cc4SCCCS(=O)(=O)O)cc3OCCCS(=O)(=O)O)c(O)n12. The predicted molar refractivity (Wildman–Crippen MR) is 341 cm³/mol. The number of amides is 2. The summed E-state index contributed by atoms with van der Waals surface area (Å²) >= 11 is 8.12. The molecule has 0 aliphatic carbocycles. The van der Waals surface area contributed by atoms with E-state index in [0.29, 0.717) is 5.56 Å². The van der Waals surface area contributed by atoms with Crippen molar-refractivity contribution in [3.05, 3.63) is 88.4 Å². The summed E-state index contributed by atoms with van der Waals surface area (Å²) in [5.41, 5.74) is -0.302. The number of hydrogen-bond acceptors (Lipinski definition) is 27. The van der Waals surface area contributed by atoms with Crippen LogP contribution in [0.5, 0.6) is 17.4 Å². The van der Waals surface area contributed by atoms with E-state index in [1.807, 2.05) is 6.07 Å². The maximum Gasteiger partial charge on any atom is 0.298 e. The maximum absolute atomic E-state index is 12.8. The molecule has 0 aliphatic heterocycles. The van der Waals surface area contributed by atoms with E-state index in [1.54, 1.807) is 6.92 Å². The van der Waals surface area contributed by atoms with Crippen LogP contribution >= 0.6 is 35.1 Å². The minimum Gasteiger partial charge on any atom is -0.495 e. The second-order valence-electron chi connectivity index (χ2n) is 19.5. The number of thioether (sulfide) groups is 2. The van der Waals surface area contributed by atoms with Crippen LogP contribution in [0.3, 0.4) is 0 Å². The molecule has 93 heavy (non-hydrogen) atoms. The van der Waals surface area contributed by atoms with Gasteiger partial charge in [-0.15, -0.1) is 54.2 Å². The summed E-state index contributed by atoms with van der Waals surface area (Å²) in [6.07, 6.45) is -0.410. The van der Waals surface area contributed by atoms with E-state index >= 15 is 0 Å². The molecule has 5 aromatic carbocycles. The fraction of sp³-hybridized carbons (Fsp3) is 0.269. The van der Waals surface area contributed by atoms with Crippen LogP contribution in [0.15, 0.2) is 127 Å². The quantitative estimate of drug-likeness (QED) is 0.00977. The number of hydrogen-bond donors (Lipinski definition) is 8. The van der Waals surface area contributed by atoms with E-state index in [2.05, 4.69) is 56.5 Å².